The topological polar surface area (TPSA) is 84.7 Å². The number of carbonyl (C=O) groups excluding carboxylic acids is 1. The molecule has 0 radical (unpaired) electrons. The van der Waals surface area contributed by atoms with E-state index in [2.05, 4.69) is 13.8 Å². The van der Waals surface area contributed by atoms with Crippen molar-refractivity contribution in [3.8, 4) is 0 Å². The van der Waals surface area contributed by atoms with Gasteiger partial charge in [0.1, 0.15) is 5.58 Å². The Labute approximate surface area is 194 Å². The van der Waals surface area contributed by atoms with Crippen molar-refractivity contribution >= 4 is 26.7 Å². The molecule has 6 nitrogen and oxygen atoms in total. The predicted molar refractivity (Wildman–Crippen MR) is 129 cm³/mol. The van der Waals surface area contributed by atoms with E-state index in [1.165, 1.54) is 11.6 Å². The molecule has 0 saturated carbocycles. The molecule has 3 aromatic rings. The minimum atomic E-state index is -3.21. The van der Waals surface area contributed by atoms with Crippen molar-refractivity contribution in [2.75, 3.05) is 11.5 Å². The van der Waals surface area contributed by atoms with E-state index >= 15 is 0 Å². The third-order valence-electron chi connectivity index (χ3n) is 6.28. The summed E-state index contributed by atoms with van der Waals surface area (Å²) in [6.45, 7) is 8.20. The summed E-state index contributed by atoms with van der Waals surface area (Å²) < 4.78 is 30.3. The average molecular weight is 468 g/mol. The van der Waals surface area contributed by atoms with Gasteiger partial charge in [0.15, 0.2) is 21.0 Å². The molecule has 1 atom stereocenters. The lowest BCUT2D eigenvalue weighted by Crippen LogP contribution is -2.41. The van der Waals surface area contributed by atoms with Crippen molar-refractivity contribution in [2.45, 2.75) is 52.6 Å². The first-order valence-electron chi connectivity index (χ1n) is 11.2. The minimum absolute atomic E-state index is 0.0494. The fourth-order valence-corrected chi connectivity index (χ4v) is 6.18. The van der Waals surface area contributed by atoms with E-state index in [0.717, 1.165) is 16.7 Å². The van der Waals surface area contributed by atoms with Gasteiger partial charge in [-0.15, -0.1) is 0 Å². The molecule has 0 N–H and O–H groups in total. The van der Waals surface area contributed by atoms with Crippen molar-refractivity contribution < 1.29 is 17.6 Å². The summed E-state index contributed by atoms with van der Waals surface area (Å²) in [5, 5.41) is 0.434. The van der Waals surface area contributed by atoms with Gasteiger partial charge >= 0.3 is 0 Å². The standard InChI is InChI=1S/C26H29NO5S/c1-16(2)20-7-5-19(6-8-20)14-27(21-9-10-33(30,31)15-21)26(29)24-13-23(28)22-12-17(3)11-18(4)25(22)32-24/h5-8,11-13,16,21H,9-10,14-15H2,1-4H3/t21-/m0/s1. The molecular weight excluding hydrogens is 438 g/mol. The van der Waals surface area contributed by atoms with E-state index in [1.807, 2.05) is 44.2 Å². The molecule has 174 valence electrons. The van der Waals surface area contributed by atoms with Gasteiger partial charge in [-0.05, 0) is 54.5 Å². The summed E-state index contributed by atoms with van der Waals surface area (Å²) in [5.41, 5.74) is 3.90. The number of rotatable bonds is 5. The summed E-state index contributed by atoms with van der Waals surface area (Å²) >= 11 is 0. The maximum Gasteiger partial charge on any atom is 0.290 e. The van der Waals surface area contributed by atoms with Gasteiger partial charge in [-0.1, -0.05) is 44.2 Å². The van der Waals surface area contributed by atoms with Crippen LogP contribution in [0.4, 0.5) is 0 Å². The Kier molecular flexibility index (Phi) is 6.18. The lowest BCUT2D eigenvalue weighted by Gasteiger charge is -2.28. The third kappa shape index (κ3) is 4.88. The highest BCUT2D eigenvalue weighted by atomic mass is 32.2. The lowest BCUT2D eigenvalue weighted by molar-refractivity contribution is 0.0648. The molecule has 1 aliphatic heterocycles. The Morgan fingerprint density at radius 1 is 1.12 bits per heavy atom. The second kappa shape index (κ2) is 8.78. The highest BCUT2D eigenvalue weighted by molar-refractivity contribution is 7.91. The van der Waals surface area contributed by atoms with Gasteiger partial charge in [-0.25, -0.2) is 8.42 Å². The van der Waals surface area contributed by atoms with Crippen molar-refractivity contribution in [3.05, 3.63) is 80.7 Å². The van der Waals surface area contributed by atoms with E-state index in [4.69, 9.17) is 4.42 Å². The number of aryl methyl sites for hydroxylation is 2. The summed E-state index contributed by atoms with van der Waals surface area (Å²) in [4.78, 5) is 27.9. The second-order valence-electron chi connectivity index (χ2n) is 9.32. The van der Waals surface area contributed by atoms with E-state index in [9.17, 15) is 18.0 Å². The number of fused-ring (bicyclic) bond motifs is 1. The van der Waals surface area contributed by atoms with Gasteiger partial charge in [0.05, 0.1) is 16.9 Å². The van der Waals surface area contributed by atoms with Crippen LogP contribution in [-0.4, -0.2) is 36.8 Å². The molecule has 2 heterocycles. The molecule has 2 aromatic carbocycles. The fraction of sp³-hybridized carbons (Fsp3) is 0.385. The molecule has 7 heteroatoms. The number of hydrogen-bond acceptors (Lipinski definition) is 5. The van der Waals surface area contributed by atoms with Gasteiger partial charge in [-0.2, -0.15) is 0 Å². The summed E-state index contributed by atoms with van der Waals surface area (Å²) in [5.74, 6) is -0.186. The zero-order valence-electron chi connectivity index (χ0n) is 19.4. The molecule has 1 saturated heterocycles. The molecule has 0 unspecified atom stereocenters. The SMILES string of the molecule is Cc1cc(C)c2oc(C(=O)N(Cc3ccc(C(C)C)cc3)[C@H]3CCS(=O)(=O)C3)cc(=O)c2c1. The van der Waals surface area contributed by atoms with E-state index < -0.39 is 21.8 Å². The van der Waals surface area contributed by atoms with Crippen molar-refractivity contribution in [3.63, 3.8) is 0 Å². The molecule has 33 heavy (non-hydrogen) atoms. The first-order chi connectivity index (χ1) is 15.5. The Hall–Kier alpha value is -2.93. The van der Waals surface area contributed by atoms with Crippen LogP contribution in [0.25, 0.3) is 11.0 Å². The average Bonchev–Trinajstić information content (AvgIpc) is 3.11. The van der Waals surface area contributed by atoms with Crippen LogP contribution < -0.4 is 5.43 Å². The molecular formula is C26H29NO5S. The molecule has 1 fully saturated rings. The van der Waals surface area contributed by atoms with E-state index in [0.29, 0.717) is 23.3 Å². The van der Waals surface area contributed by atoms with Crippen LogP contribution >= 0.6 is 0 Å². The van der Waals surface area contributed by atoms with Crippen LogP contribution in [0.1, 0.15) is 59.0 Å². The number of benzene rings is 2. The maximum atomic E-state index is 13.6. The first kappa shape index (κ1) is 23.2. The van der Waals surface area contributed by atoms with Crippen LogP contribution in [-0.2, 0) is 16.4 Å². The largest absolute Gasteiger partial charge is 0.450 e. The Morgan fingerprint density at radius 2 is 1.82 bits per heavy atom. The van der Waals surface area contributed by atoms with Gasteiger partial charge in [0, 0.05) is 18.7 Å². The lowest BCUT2D eigenvalue weighted by atomic mass is 10.0. The number of nitrogens with zero attached hydrogens (tertiary/aromatic N) is 1. The summed E-state index contributed by atoms with van der Waals surface area (Å²) in [6.07, 6.45) is 0.369. The number of carbonyl (C=O) groups is 1. The third-order valence-corrected chi connectivity index (χ3v) is 8.03. The smallest absolute Gasteiger partial charge is 0.290 e. The molecule has 1 amide bonds. The van der Waals surface area contributed by atoms with Crippen molar-refractivity contribution in [2.24, 2.45) is 0 Å². The van der Waals surface area contributed by atoms with Crippen molar-refractivity contribution in [1.82, 2.24) is 4.90 Å². The molecule has 0 aliphatic carbocycles. The highest BCUT2D eigenvalue weighted by Crippen LogP contribution is 2.25. The van der Waals surface area contributed by atoms with Crippen molar-refractivity contribution in [1.29, 1.82) is 0 Å². The normalized spacial score (nSPS) is 17.5. The Balaban J connectivity index is 1.73. The van der Waals surface area contributed by atoms with Crippen LogP contribution in [0.15, 0.2) is 51.7 Å². The zero-order chi connectivity index (χ0) is 23.9. The van der Waals surface area contributed by atoms with Crippen LogP contribution in [0.5, 0.6) is 0 Å². The van der Waals surface area contributed by atoms with Crippen LogP contribution in [0.3, 0.4) is 0 Å². The van der Waals surface area contributed by atoms with Gasteiger partial charge in [0.2, 0.25) is 0 Å². The molecule has 1 aromatic heterocycles. The monoisotopic (exact) mass is 467 g/mol. The summed E-state index contributed by atoms with van der Waals surface area (Å²) in [7, 11) is -3.21. The number of hydrogen-bond donors (Lipinski definition) is 0. The minimum Gasteiger partial charge on any atom is -0.450 e. The predicted octanol–water partition coefficient (Wildman–Crippen LogP) is 4.36. The van der Waals surface area contributed by atoms with Crippen LogP contribution in [0, 0.1) is 13.8 Å². The zero-order valence-corrected chi connectivity index (χ0v) is 20.2. The first-order valence-corrected chi connectivity index (χ1v) is 13.0. The Morgan fingerprint density at radius 3 is 2.42 bits per heavy atom. The molecule has 4 rings (SSSR count). The van der Waals surface area contributed by atoms with Gasteiger partial charge in [-0.3, -0.25) is 9.59 Å². The second-order valence-corrected chi connectivity index (χ2v) is 11.5. The number of sulfone groups is 1. The van der Waals surface area contributed by atoms with E-state index in [-0.39, 0.29) is 29.2 Å². The summed E-state index contributed by atoms with van der Waals surface area (Å²) in [6, 6.07) is 12.4. The maximum absolute atomic E-state index is 13.6. The van der Waals surface area contributed by atoms with Gasteiger partial charge in [0.25, 0.3) is 5.91 Å². The van der Waals surface area contributed by atoms with Gasteiger partial charge < -0.3 is 9.32 Å². The van der Waals surface area contributed by atoms with E-state index in [1.54, 1.807) is 11.0 Å². The number of amides is 1. The fourth-order valence-electron chi connectivity index (χ4n) is 4.45. The molecule has 0 spiro atoms. The molecule has 1 aliphatic rings. The quantitative estimate of drug-likeness (QED) is 0.557. The highest BCUT2D eigenvalue weighted by Gasteiger charge is 2.36. The van der Waals surface area contributed by atoms with Crippen LogP contribution in [0.2, 0.25) is 0 Å². The Bertz CT molecular complexity index is 1370. The molecule has 0 bridgehead atoms.